The van der Waals surface area contributed by atoms with Gasteiger partial charge in [0, 0.05) is 12.8 Å². The van der Waals surface area contributed by atoms with Gasteiger partial charge in [-0.2, -0.15) is 0 Å². The smallest absolute Gasteiger partial charge is 0.305 e. The highest BCUT2D eigenvalue weighted by Crippen LogP contribution is 2.13. The first kappa shape index (κ1) is 55.8. The molecular formula is C52H95NO5. The van der Waals surface area contributed by atoms with E-state index in [0.29, 0.717) is 19.4 Å². The molecule has 0 radical (unpaired) electrons. The summed E-state index contributed by atoms with van der Waals surface area (Å²) in [5, 5.41) is 22.9. The number of carbonyl (C=O) groups excluding carboxylic acids is 2. The molecule has 0 rings (SSSR count). The van der Waals surface area contributed by atoms with Gasteiger partial charge in [-0.25, -0.2) is 0 Å². The van der Waals surface area contributed by atoms with Crippen LogP contribution in [0, 0.1) is 0 Å². The molecule has 0 aromatic carbocycles. The van der Waals surface area contributed by atoms with Gasteiger partial charge < -0.3 is 20.3 Å². The number of hydrogen-bond donors (Lipinski definition) is 3. The van der Waals surface area contributed by atoms with Crippen LogP contribution in [-0.2, 0) is 14.3 Å². The van der Waals surface area contributed by atoms with Crippen LogP contribution in [0.2, 0.25) is 0 Å². The van der Waals surface area contributed by atoms with Gasteiger partial charge in [-0.15, -0.1) is 0 Å². The average molecular weight is 814 g/mol. The largest absolute Gasteiger partial charge is 0.466 e. The third kappa shape index (κ3) is 43.4. The SMILES string of the molecule is CCCCCCCCC/C=C\CCCCCCCC(=O)OCCCCC/C=C\C=C/CCCCCCCCC(=O)NC(CO)C(O)/C=C/CCCCCCCCCC. The molecule has 0 aliphatic rings. The summed E-state index contributed by atoms with van der Waals surface area (Å²) in [4.78, 5) is 24.4. The third-order valence-electron chi connectivity index (χ3n) is 11.1. The Labute approximate surface area is 359 Å². The number of nitrogens with one attached hydrogen (secondary N) is 1. The summed E-state index contributed by atoms with van der Waals surface area (Å²) in [5.41, 5.74) is 0. The van der Waals surface area contributed by atoms with Gasteiger partial charge in [-0.05, 0) is 89.9 Å². The standard InChI is InChI=1S/C52H95NO5/c1-3-5-7-9-11-13-15-16-17-20-23-26-30-34-38-42-46-52(57)58-47-43-39-35-31-27-24-21-18-19-22-25-29-33-37-41-45-51(56)53-49(48-54)50(55)44-40-36-32-28-14-12-10-8-6-4-2/h17-18,20-21,24,27,40,44,49-50,54-55H,3-16,19,22-23,25-26,28-39,41-43,45-48H2,1-2H3,(H,53,56)/b20-17-,21-18-,27-24-,44-40+. The molecule has 0 aliphatic carbocycles. The van der Waals surface area contributed by atoms with E-state index < -0.39 is 12.1 Å². The van der Waals surface area contributed by atoms with Crippen LogP contribution < -0.4 is 5.32 Å². The van der Waals surface area contributed by atoms with Gasteiger partial charge in [-0.1, -0.05) is 191 Å². The van der Waals surface area contributed by atoms with Crippen LogP contribution in [0.3, 0.4) is 0 Å². The van der Waals surface area contributed by atoms with Crippen molar-refractivity contribution in [1.29, 1.82) is 0 Å². The number of rotatable bonds is 45. The maximum absolute atomic E-state index is 12.4. The first-order valence-electron chi connectivity index (χ1n) is 24.9. The Balaban J connectivity index is 3.54. The van der Waals surface area contributed by atoms with Crippen LogP contribution in [0.25, 0.3) is 0 Å². The number of carbonyl (C=O) groups is 2. The lowest BCUT2D eigenvalue weighted by atomic mass is 10.1. The molecule has 3 N–H and O–H groups in total. The van der Waals surface area contributed by atoms with Crippen molar-refractivity contribution < 1.29 is 24.5 Å². The van der Waals surface area contributed by atoms with E-state index in [-0.39, 0.29) is 18.5 Å². The zero-order valence-corrected chi connectivity index (χ0v) is 38.3. The number of hydrogen-bond acceptors (Lipinski definition) is 5. The Hall–Kier alpha value is -2.18. The number of aliphatic hydroxyl groups is 2. The van der Waals surface area contributed by atoms with Crippen LogP contribution in [0.15, 0.2) is 48.6 Å². The van der Waals surface area contributed by atoms with Crippen LogP contribution in [0.5, 0.6) is 0 Å². The van der Waals surface area contributed by atoms with Crippen molar-refractivity contribution in [2.75, 3.05) is 13.2 Å². The van der Waals surface area contributed by atoms with Gasteiger partial charge >= 0.3 is 5.97 Å². The monoisotopic (exact) mass is 814 g/mol. The number of ether oxygens (including phenoxy) is 1. The number of esters is 1. The zero-order chi connectivity index (χ0) is 42.3. The summed E-state index contributed by atoms with van der Waals surface area (Å²) in [5.74, 6) is -0.126. The van der Waals surface area contributed by atoms with Gasteiger partial charge in [0.15, 0.2) is 0 Å². The summed E-state index contributed by atoms with van der Waals surface area (Å²) in [6, 6.07) is -0.643. The van der Waals surface area contributed by atoms with Crippen LogP contribution in [0.4, 0.5) is 0 Å². The van der Waals surface area contributed by atoms with Gasteiger partial charge in [-0.3, -0.25) is 9.59 Å². The maximum atomic E-state index is 12.4. The van der Waals surface area contributed by atoms with Crippen molar-refractivity contribution in [3.05, 3.63) is 48.6 Å². The van der Waals surface area contributed by atoms with Crippen LogP contribution in [-0.4, -0.2) is 47.4 Å². The molecule has 0 fully saturated rings. The first-order valence-corrected chi connectivity index (χ1v) is 24.9. The van der Waals surface area contributed by atoms with E-state index >= 15 is 0 Å². The second kappa shape index (κ2) is 47.5. The highest BCUT2D eigenvalue weighted by molar-refractivity contribution is 5.76. The van der Waals surface area contributed by atoms with E-state index in [4.69, 9.17) is 4.74 Å². The van der Waals surface area contributed by atoms with Crippen LogP contribution >= 0.6 is 0 Å². The van der Waals surface area contributed by atoms with Gasteiger partial charge in [0.1, 0.15) is 0 Å². The topological polar surface area (TPSA) is 95.9 Å². The highest BCUT2D eigenvalue weighted by atomic mass is 16.5. The molecule has 2 unspecified atom stereocenters. The second-order valence-corrected chi connectivity index (χ2v) is 16.8. The Bertz CT molecular complexity index is 988. The normalized spacial score (nSPS) is 13.1. The Morgan fingerprint density at radius 3 is 1.33 bits per heavy atom. The fraction of sp³-hybridized carbons (Fsp3) is 0.808. The fourth-order valence-electron chi connectivity index (χ4n) is 7.20. The van der Waals surface area contributed by atoms with Crippen molar-refractivity contribution in [2.45, 2.75) is 257 Å². The molecule has 1 amide bonds. The molecule has 58 heavy (non-hydrogen) atoms. The molecular weight excluding hydrogens is 719 g/mol. The minimum Gasteiger partial charge on any atom is -0.466 e. The van der Waals surface area contributed by atoms with Crippen molar-refractivity contribution >= 4 is 11.9 Å². The van der Waals surface area contributed by atoms with Crippen LogP contribution in [0.1, 0.15) is 245 Å². The molecule has 0 aromatic rings. The lowest BCUT2D eigenvalue weighted by Crippen LogP contribution is -2.45. The van der Waals surface area contributed by atoms with E-state index in [1.54, 1.807) is 6.08 Å². The summed E-state index contributed by atoms with van der Waals surface area (Å²) in [6.07, 6.45) is 58.3. The zero-order valence-electron chi connectivity index (χ0n) is 38.3. The highest BCUT2D eigenvalue weighted by Gasteiger charge is 2.18. The van der Waals surface area contributed by atoms with E-state index in [9.17, 15) is 19.8 Å². The quantitative estimate of drug-likeness (QED) is 0.0246. The van der Waals surface area contributed by atoms with Crippen molar-refractivity contribution in [3.8, 4) is 0 Å². The minimum atomic E-state index is -0.857. The molecule has 0 saturated carbocycles. The molecule has 0 spiro atoms. The summed E-state index contributed by atoms with van der Waals surface area (Å²) >= 11 is 0. The lowest BCUT2D eigenvalue weighted by molar-refractivity contribution is -0.143. The number of aliphatic hydroxyl groups excluding tert-OH is 2. The van der Waals surface area contributed by atoms with E-state index in [1.165, 1.54) is 141 Å². The van der Waals surface area contributed by atoms with Gasteiger partial charge in [0.05, 0.1) is 25.4 Å². The second-order valence-electron chi connectivity index (χ2n) is 16.8. The van der Waals surface area contributed by atoms with Crippen molar-refractivity contribution in [3.63, 3.8) is 0 Å². The van der Waals surface area contributed by atoms with Gasteiger partial charge in [0.25, 0.3) is 0 Å². The number of unbranched alkanes of at least 4 members (excludes halogenated alkanes) is 29. The summed E-state index contributed by atoms with van der Waals surface area (Å²) < 4.78 is 5.44. The molecule has 0 aliphatic heterocycles. The van der Waals surface area contributed by atoms with E-state index in [1.807, 2.05) is 6.08 Å². The minimum absolute atomic E-state index is 0.0315. The number of allylic oxidation sites excluding steroid dienone is 7. The van der Waals surface area contributed by atoms with E-state index in [0.717, 1.165) is 77.0 Å². The maximum Gasteiger partial charge on any atom is 0.305 e. The Kier molecular flexibility index (Phi) is 45.7. The summed E-state index contributed by atoms with van der Waals surface area (Å²) in [6.45, 7) is 4.80. The first-order chi connectivity index (χ1) is 28.5. The Morgan fingerprint density at radius 1 is 0.483 bits per heavy atom. The van der Waals surface area contributed by atoms with Gasteiger partial charge in [0.2, 0.25) is 5.91 Å². The predicted octanol–water partition coefficient (Wildman–Crippen LogP) is 14.7. The fourth-order valence-corrected chi connectivity index (χ4v) is 7.20. The molecule has 2 atom stereocenters. The average Bonchev–Trinajstić information content (AvgIpc) is 3.22. The molecule has 338 valence electrons. The molecule has 0 heterocycles. The van der Waals surface area contributed by atoms with E-state index in [2.05, 4.69) is 55.6 Å². The summed E-state index contributed by atoms with van der Waals surface area (Å²) in [7, 11) is 0. The molecule has 0 bridgehead atoms. The molecule has 6 nitrogen and oxygen atoms in total. The lowest BCUT2D eigenvalue weighted by Gasteiger charge is -2.20. The van der Waals surface area contributed by atoms with Crippen molar-refractivity contribution in [1.82, 2.24) is 5.32 Å². The molecule has 0 aromatic heterocycles. The third-order valence-corrected chi connectivity index (χ3v) is 11.1. The molecule has 0 saturated heterocycles. The molecule has 6 heteroatoms. The number of amides is 1. The predicted molar refractivity (Wildman–Crippen MR) is 250 cm³/mol. The Morgan fingerprint density at radius 2 is 0.862 bits per heavy atom. The van der Waals surface area contributed by atoms with Crippen molar-refractivity contribution in [2.24, 2.45) is 0 Å².